The number of nitrogens with one attached hydrogen (secondary N) is 1. The van der Waals surface area contributed by atoms with Crippen molar-refractivity contribution in [3.05, 3.63) is 95.3 Å². The van der Waals surface area contributed by atoms with E-state index >= 15 is 0 Å². The second kappa shape index (κ2) is 13.8. The van der Waals surface area contributed by atoms with E-state index in [4.69, 9.17) is 4.74 Å². The number of nitrogens with zero attached hydrogens (tertiary/aromatic N) is 2. The van der Waals surface area contributed by atoms with Crippen molar-refractivity contribution in [1.29, 1.82) is 0 Å². The molecule has 0 saturated heterocycles. The molecule has 3 aromatic rings. The summed E-state index contributed by atoms with van der Waals surface area (Å²) in [6.45, 7) is 0.984. The van der Waals surface area contributed by atoms with Crippen LogP contribution in [-0.4, -0.2) is 57.1 Å². The number of ether oxygens (including phenoxy) is 1. The van der Waals surface area contributed by atoms with Crippen LogP contribution in [0.4, 0.5) is 10.1 Å². The number of methoxy groups -OCH3 is 1. The van der Waals surface area contributed by atoms with E-state index < -0.39 is 34.3 Å². The minimum Gasteiger partial charge on any atom is -0.495 e. The van der Waals surface area contributed by atoms with E-state index in [-0.39, 0.29) is 41.9 Å². The minimum atomic E-state index is -3.97. The summed E-state index contributed by atoms with van der Waals surface area (Å²) in [5.41, 5.74) is 2.01. The largest absolute Gasteiger partial charge is 0.495 e. The SMILES string of the molecule is COc1ccc(C)cc1N(CC(=O)N(Cc1ccccc1F)[C@H](Cc1ccccc1)C(=O)NC1CCCC1)S(C)(=O)=O. The first-order chi connectivity index (χ1) is 20.1. The van der Waals surface area contributed by atoms with Gasteiger partial charge in [-0.05, 0) is 49.1 Å². The Hall–Kier alpha value is -3.92. The van der Waals surface area contributed by atoms with Crippen LogP contribution in [0, 0.1) is 12.7 Å². The van der Waals surface area contributed by atoms with Crippen molar-refractivity contribution in [3.8, 4) is 5.75 Å². The highest BCUT2D eigenvalue weighted by Gasteiger charge is 2.35. The third kappa shape index (κ3) is 7.88. The molecule has 224 valence electrons. The minimum absolute atomic E-state index is 0.00902. The monoisotopic (exact) mass is 595 g/mol. The van der Waals surface area contributed by atoms with Crippen molar-refractivity contribution in [2.45, 2.75) is 57.7 Å². The van der Waals surface area contributed by atoms with E-state index in [1.165, 1.54) is 18.1 Å². The Kier molecular flexibility index (Phi) is 10.2. The van der Waals surface area contributed by atoms with Gasteiger partial charge in [0.25, 0.3) is 0 Å². The Morgan fingerprint density at radius 3 is 2.33 bits per heavy atom. The number of hydrogen-bond acceptors (Lipinski definition) is 5. The number of benzene rings is 3. The summed E-state index contributed by atoms with van der Waals surface area (Å²) in [6, 6.07) is 19.4. The molecule has 0 aliphatic heterocycles. The molecule has 42 heavy (non-hydrogen) atoms. The first kappa shape index (κ1) is 31.0. The van der Waals surface area contributed by atoms with Crippen LogP contribution in [0.1, 0.15) is 42.4 Å². The lowest BCUT2D eigenvalue weighted by molar-refractivity contribution is -0.140. The molecule has 1 fully saturated rings. The van der Waals surface area contributed by atoms with Crippen molar-refractivity contribution in [1.82, 2.24) is 10.2 Å². The quantitative estimate of drug-likeness (QED) is 0.330. The van der Waals surface area contributed by atoms with Gasteiger partial charge in [0.2, 0.25) is 21.8 Å². The zero-order chi connectivity index (χ0) is 30.3. The van der Waals surface area contributed by atoms with Gasteiger partial charge in [-0.1, -0.05) is 67.4 Å². The number of hydrogen-bond donors (Lipinski definition) is 1. The number of rotatable bonds is 12. The second-order valence-corrected chi connectivity index (χ2v) is 12.7. The number of aryl methyl sites for hydroxylation is 1. The number of carbonyl (C=O) groups is 2. The van der Waals surface area contributed by atoms with E-state index in [9.17, 15) is 22.4 Å². The first-order valence-corrected chi connectivity index (χ1v) is 15.9. The van der Waals surface area contributed by atoms with Gasteiger partial charge in [0.1, 0.15) is 24.2 Å². The van der Waals surface area contributed by atoms with Gasteiger partial charge in [0.05, 0.1) is 19.1 Å². The molecular formula is C32H38FN3O5S. The highest BCUT2D eigenvalue weighted by molar-refractivity contribution is 7.92. The topological polar surface area (TPSA) is 96.0 Å². The molecule has 0 radical (unpaired) electrons. The van der Waals surface area contributed by atoms with Gasteiger partial charge in [-0.15, -0.1) is 0 Å². The lowest BCUT2D eigenvalue weighted by atomic mass is 10.0. The van der Waals surface area contributed by atoms with E-state index in [0.29, 0.717) is 0 Å². The van der Waals surface area contributed by atoms with Crippen molar-refractivity contribution in [2.75, 3.05) is 24.2 Å². The van der Waals surface area contributed by atoms with Crippen LogP contribution in [0.2, 0.25) is 0 Å². The van der Waals surface area contributed by atoms with Crippen LogP contribution in [-0.2, 0) is 32.6 Å². The molecule has 1 N–H and O–H groups in total. The summed E-state index contributed by atoms with van der Waals surface area (Å²) in [6.07, 6.45) is 4.89. The maximum absolute atomic E-state index is 14.9. The molecule has 8 nitrogen and oxygen atoms in total. The molecule has 1 saturated carbocycles. The van der Waals surface area contributed by atoms with Crippen molar-refractivity contribution >= 4 is 27.5 Å². The average molecular weight is 596 g/mol. The number of halogens is 1. The molecule has 10 heteroatoms. The van der Waals surface area contributed by atoms with Gasteiger partial charge in [-0.2, -0.15) is 0 Å². The number of carbonyl (C=O) groups excluding carboxylic acids is 2. The van der Waals surface area contributed by atoms with Gasteiger partial charge in [-0.3, -0.25) is 13.9 Å². The maximum Gasteiger partial charge on any atom is 0.244 e. The molecule has 0 heterocycles. The zero-order valence-electron chi connectivity index (χ0n) is 24.3. The lowest BCUT2D eigenvalue weighted by Gasteiger charge is -2.34. The van der Waals surface area contributed by atoms with Crippen molar-refractivity contribution in [3.63, 3.8) is 0 Å². The highest BCUT2D eigenvalue weighted by Crippen LogP contribution is 2.31. The Balaban J connectivity index is 1.76. The Labute approximate surface area is 247 Å². The van der Waals surface area contributed by atoms with Crippen LogP contribution in [0.25, 0.3) is 0 Å². The fraction of sp³-hybridized carbons (Fsp3) is 0.375. The van der Waals surface area contributed by atoms with Crippen LogP contribution < -0.4 is 14.4 Å². The maximum atomic E-state index is 14.9. The standard InChI is InChI=1S/C32H38FN3O5S/c1-23-17-18-30(41-2)28(19-23)36(42(3,39)40)22-31(37)35(21-25-13-7-10-16-27(25)33)29(20-24-11-5-4-6-12-24)32(38)34-26-14-8-9-15-26/h4-7,10-13,16-19,26,29H,8-9,14-15,20-22H2,1-3H3,(H,34,38)/t29-/m1/s1. The zero-order valence-corrected chi connectivity index (χ0v) is 25.1. The first-order valence-electron chi connectivity index (χ1n) is 14.1. The highest BCUT2D eigenvalue weighted by atomic mass is 32.2. The molecule has 1 aliphatic rings. The molecule has 0 aromatic heterocycles. The number of amides is 2. The average Bonchev–Trinajstić information content (AvgIpc) is 3.47. The van der Waals surface area contributed by atoms with Gasteiger partial charge >= 0.3 is 0 Å². The Bertz CT molecular complexity index is 1490. The predicted octanol–water partition coefficient (Wildman–Crippen LogP) is 4.61. The van der Waals surface area contributed by atoms with E-state index in [1.54, 1.807) is 43.3 Å². The molecule has 2 amide bonds. The normalized spacial score (nSPS) is 14.3. The van der Waals surface area contributed by atoms with Gasteiger partial charge < -0.3 is 15.0 Å². The fourth-order valence-electron chi connectivity index (χ4n) is 5.32. The van der Waals surface area contributed by atoms with E-state index in [1.807, 2.05) is 30.3 Å². The lowest BCUT2D eigenvalue weighted by Crippen LogP contribution is -2.54. The molecule has 4 rings (SSSR count). The van der Waals surface area contributed by atoms with Crippen molar-refractivity contribution in [2.24, 2.45) is 0 Å². The van der Waals surface area contributed by atoms with Crippen LogP contribution >= 0.6 is 0 Å². The fourth-order valence-corrected chi connectivity index (χ4v) is 6.17. The molecule has 3 aromatic carbocycles. The summed E-state index contributed by atoms with van der Waals surface area (Å²) in [7, 11) is -2.55. The third-order valence-corrected chi connectivity index (χ3v) is 8.68. The summed E-state index contributed by atoms with van der Waals surface area (Å²) in [5, 5.41) is 3.10. The number of sulfonamides is 1. The molecular weight excluding hydrogens is 557 g/mol. The van der Waals surface area contributed by atoms with Gasteiger partial charge in [0.15, 0.2) is 0 Å². The summed E-state index contributed by atoms with van der Waals surface area (Å²) in [5.74, 6) is -1.24. The second-order valence-electron chi connectivity index (χ2n) is 10.8. The van der Waals surface area contributed by atoms with E-state index in [0.717, 1.165) is 47.4 Å². The summed E-state index contributed by atoms with van der Waals surface area (Å²) >= 11 is 0. The van der Waals surface area contributed by atoms with Crippen LogP contribution in [0.5, 0.6) is 5.75 Å². The third-order valence-electron chi connectivity index (χ3n) is 7.55. The molecule has 0 spiro atoms. The molecule has 1 atom stereocenters. The molecule has 0 unspecified atom stereocenters. The van der Waals surface area contributed by atoms with E-state index in [2.05, 4.69) is 5.32 Å². The molecule has 0 bridgehead atoms. The van der Waals surface area contributed by atoms with Crippen LogP contribution in [0.15, 0.2) is 72.8 Å². The smallest absolute Gasteiger partial charge is 0.244 e. The molecule has 1 aliphatic carbocycles. The summed E-state index contributed by atoms with van der Waals surface area (Å²) in [4.78, 5) is 29.4. The Morgan fingerprint density at radius 2 is 1.69 bits per heavy atom. The Morgan fingerprint density at radius 1 is 1.02 bits per heavy atom. The number of anilines is 1. The van der Waals surface area contributed by atoms with Crippen LogP contribution in [0.3, 0.4) is 0 Å². The van der Waals surface area contributed by atoms with Gasteiger partial charge in [-0.25, -0.2) is 12.8 Å². The van der Waals surface area contributed by atoms with Gasteiger partial charge in [0, 0.05) is 24.6 Å². The predicted molar refractivity (Wildman–Crippen MR) is 161 cm³/mol. The van der Waals surface area contributed by atoms with Crippen molar-refractivity contribution < 1.29 is 27.1 Å². The summed E-state index contributed by atoms with van der Waals surface area (Å²) < 4.78 is 47.5.